The van der Waals surface area contributed by atoms with Crippen molar-refractivity contribution in [2.75, 3.05) is 13.2 Å². The van der Waals surface area contributed by atoms with E-state index < -0.39 is 5.06 Å². The van der Waals surface area contributed by atoms with E-state index in [4.69, 9.17) is 16.3 Å². The van der Waals surface area contributed by atoms with Crippen LogP contribution in [0.5, 0.6) is 0 Å². The highest BCUT2D eigenvalue weighted by molar-refractivity contribution is 6.24. The van der Waals surface area contributed by atoms with Gasteiger partial charge in [-0.25, -0.2) is 4.57 Å². The highest BCUT2D eigenvalue weighted by Gasteiger charge is 2.26. The number of rotatable bonds is 20. The third kappa shape index (κ3) is 15.3. The number of nitrogens with one attached hydrogen (secondary N) is 1. The Kier molecular flexibility index (Phi) is 19.3. The van der Waals surface area contributed by atoms with Gasteiger partial charge in [0.25, 0.3) is 5.91 Å². The van der Waals surface area contributed by atoms with E-state index in [0.717, 1.165) is 18.5 Å². The monoisotopic (exact) mass is 644 g/mol. The van der Waals surface area contributed by atoms with E-state index in [9.17, 15) is 4.79 Å². The zero-order valence-corrected chi connectivity index (χ0v) is 26.2. The van der Waals surface area contributed by atoms with E-state index in [0.29, 0.717) is 25.1 Å². The van der Waals surface area contributed by atoms with Gasteiger partial charge < -0.3 is 34.0 Å². The molecule has 4 nitrogen and oxygen atoms in total. The van der Waals surface area contributed by atoms with Crippen LogP contribution in [0.1, 0.15) is 121 Å². The molecule has 1 heterocycles. The minimum absolute atomic E-state index is 0. The van der Waals surface area contributed by atoms with Crippen molar-refractivity contribution in [3.8, 4) is 0 Å². The fourth-order valence-corrected chi connectivity index (χ4v) is 4.74. The summed E-state index contributed by atoms with van der Waals surface area (Å²) < 4.78 is 8.02. The van der Waals surface area contributed by atoms with Gasteiger partial charge in [-0.3, -0.25) is 4.79 Å². The number of pyridine rings is 1. The van der Waals surface area contributed by atoms with Crippen LogP contribution in [0.3, 0.4) is 0 Å². The molecule has 0 radical (unpaired) electrons. The van der Waals surface area contributed by atoms with Crippen molar-refractivity contribution in [1.82, 2.24) is 5.32 Å². The lowest BCUT2D eigenvalue weighted by atomic mass is 10.0. The first-order valence-corrected chi connectivity index (χ1v) is 14.9. The second kappa shape index (κ2) is 21.0. The Labute approximate surface area is 248 Å². The van der Waals surface area contributed by atoms with E-state index in [1.807, 2.05) is 41.2 Å². The summed E-state index contributed by atoms with van der Waals surface area (Å²) >= 11 is 6.64. The van der Waals surface area contributed by atoms with Gasteiger partial charge in [-0.1, -0.05) is 114 Å². The molecule has 1 N–H and O–H groups in total. The minimum atomic E-state index is -0.753. The summed E-state index contributed by atoms with van der Waals surface area (Å²) in [4.78, 5) is 12.4. The summed E-state index contributed by atoms with van der Waals surface area (Å²) in [5.41, 5.74) is 1.72. The molecule has 0 saturated heterocycles. The first kappa shape index (κ1) is 34.1. The molecule has 0 fully saturated rings. The lowest BCUT2D eigenvalue weighted by Gasteiger charge is -2.26. The van der Waals surface area contributed by atoms with Crippen molar-refractivity contribution >= 4 is 17.5 Å². The molecule has 1 aromatic rings. The molecule has 210 valence electrons. The third-order valence-corrected chi connectivity index (χ3v) is 7.39. The Balaban J connectivity index is 0.00000684. The number of amides is 1. The fraction of sp³-hybridized carbons (Fsp3) is 0.677. The molecule has 1 aromatic heterocycles. The number of nitrogens with zero attached hydrogens (tertiary/aromatic N) is 1. The SMILES string of the molecule is CCCCCCCCCCCCCCCCOC1(Cl)C=CC(CNC(=O)c2cc[n+](CC)cc2)=CC1.[I-]. The van der Waals surface area contributed by atoms with Crippen molar-refractivity contribution in [3.63, 3.8) is 0 Å². The van der Waals surface area contributed by atoms with Gasteiger partial charge >= 0.3 is 0 Å². The topological polar surface area (TPSA) is 42.2 Å². The number of aryl methyl sites for hydroxylation is 1. The number of carbonyl (C=O) groups is 1. The van der Waals surface area contributed by atoms with Crippen molar-refractivity contribution in [2.24, 2.45) is 0 Å². The number of hydrogen-bond donors (Lipinski definition) is 1. The quantitative estimate of drug-likeness (QED) is 0.0935. The first-order chi connectivity index (χ1) is 17.6. The van der Waals surface area contributed by atoms with Crippen LogP contribution in [0.15, 0.2) is 48.3 Å². The lowest BCUT2D eigenvalue weighted by Crippen LogP contribution is -3.00. The first-order valence-electron chi connectivity index (χ1n) is 14.5. The summed E-state index contributed by atoms with van der Waals surface area (Å²) in [6.45, 7) is 6.42. The van der Waals surface area contributed by atoms with E-state index >= 15 is 0 Å². The van der Waals surface area contributed by atoms with Gasteiger partial charge in [-0.05, 0) is 25.0 Å². The largest absolute Gasteiger partial charge is 1.00 e. The Morgan fingerprint density at radius 1 is 0.919 bits per heavy atom. The Hall–Kier alpha value is -0.920. The number of hydrogen-bond acceptors (Lipinski definition) is 2. The molecule has 1 unspecified atom stereocenters. The number of halogens is 2. The summed E-state index contributed by atoms with van der Waals surface area (Å²) in [6.07, 6.45) is 29.3. The normalized spacial score (nSPS) is 16.8. The summed E-state index contributed by atoms with van der Waals surface area (Å²) in [5, 5.41) is 2.23. The van der Waals surface area contributed by atoms with Crippen LogP contribution in [0.25, 0.3) is 0 Å². The Morgan fingerprint density at radius 3 is 1.95 bits per heavy atom. The fourth-order valence-electron chi connectivity index (χ4n) is 4.52. The van der Waals surface area contributed by atoms with Crippen molar-refractivity contribution < 1.29 is 38.1 Å². The van der Waals surface area contributed by atoms with E-state index in [-0.39, 0.29) is 29.9 Å². The van der Waals surface area contributed by atoms with Gasteiger partial charge in [-0.2, -0.15) is 0 Å². The van der Waals surface area contributed by atoms with Crippen molar-refractivity contribution in [2.45, 2.75) is 122 Å². The van der Waals surface area contributed by atoms with E-state index in [1.54, 1.807) is 0 Å². The predicted molar refractivity (Wildman–Crippen MR) is 151 cm³/mol. The molecule has 1 amide bonds. The van der Waals surface area contributed by atoms with Gasteiger partial charge in [-0.15, -0.1) is 0 Å². The van der Waals surface area contributed by atoms with Crippen LogP contribution in [0.2, 0.25) is 0 Å². The second-order valence-electron chi connectivity index (χ2n) is 10.1. The molecule has 0 saturated carbocycles. The molecule has 37 heavy (non-hydrogen) atoms. The average molecular weight is 645 g/mol. The second-order valence-corrected chi connectivity index (χ2v) is 10.8. The van der Waals surface area contributed by atoms with Crippen LogP contribution in [-0.2, 0) is 11.3 Å². The maximum absolute atomic E-state index is 12.4. The Morgan fingerprint density at radius 2 is 1.46 bits per heavy atom. The summed E-state index contributed by atoms with van der Waals surface area (Å²) in [7, 11) is 0. The maximum atomic E-state index is 12.4. The van der Waals surface area contributed by atoms with Crippen LogP contribution in [0, 0.1) is 0 Å². The van der Waals surface area contributed by atoms with E-state index in [2.05, 4.69) is 25.2 Å². The summed E-state index contributed by atoms with van der Waals surface area (Å²) in [6, 6.07) is 3.69. The molecule has 0 spiro atoms. The molecular formula is C31H50ClIN2O2. The molecule has 1 atom stereocenters. The van der Waals surface area contributed by atoms with Crippen LogP contribution in [-0.4, -0.2) is 24.1 Å². The van der Waals surface area contributed by atoms with Gasteiger partial charge in [0.2, 0.25) is 0 Å². The van der Waals surface area contributed by atoms with Gasteiger partial charge in [0.1, 0.15) is 6.54 Å². The molecule has 1 aliphatic carbocycles. The van der Waals surface area contributed by atoms with Crippen LogP contribution in [0.4, 0.5) is 0 Å². The average Bonchev–Trinajstić information content (AvgIpc) is 2.90. The maximum Gasteiger partial charge on any atom is 0.252 e. The number of unbranched alkanes of at least 4 members (excludes halogenated alkanes) is 13. The number of alkyl halides is 1. The Bertz CT molecular complexity index is 797. The van der Waals surface area contributed by atoms with Crippen molar-refractivity contribution in [3.05, 3.63) is 53.9 Å². The minimum Gasteiger partial charge on any atom is -1.00 e. The zero-order chi connectivity index (χ0) is 25.9. The van der Waals surface area contributed by atoms with Crippen molar-refractivity contribution in [1.29, 1.82) is 0 Å². The number of carbonyl (C=O) groups excluding carboxylic acids is 1. The third-order valence-electron chi connectivity index (χ3n) is 7.00. The molecule has 6 heteroatoms. The predicted octanol–water partition coefficient (Wildman–Crippen LogP) is 5.05. The molecule has 1 aliphatic rings. The standard InChI is InChI=1S/C31H49ClN2O2.HI/c1-3-5-6-7-8-9-10-11-12-13-14-15-16-17-26-36-31(32)22-18-28(19-23-31)27-33-30(35)29-20-24-34(4-2)25-21-29;/h18-22,24-25H,3-17,23,26-27H2,1-2H3;1H. The summed E-state index contributed by atoms with van der Waals surface area (Å²) in [5.74, 6) is -0.0654. The number of ether oxygens (including phenoxy) is 1. The van der Waals surface area contributed by atoms with E-state index in [1.165, 1.54) is 83.5 Å². The zero-order valence-electron chi connectivity index (χ0n) is 23.3. The molecule has 0 bridgehead atoms. The van der Waals surface area contributed by atoms with Gasteiger partial charge in [0.15, 0.2) is 17.5 Å². The van der Waals surface area contributed by atoms with Crippen LogP contribution < -0.4 is 33.9 Å². The molecule has 0 aromatic carbocycles. The van der Waals surface area contributed by atoms with Crippen LogP contribution >= 0.6 is 11.6 Å². The van der Waals surface area contributed by atoms with Gasteiger partial charge in [0, 0.05) is 31.7 Å². The highest BCUT2D eigenvalue weighted by Crippen LogP contribution is 2.29. The lowest BCUT2D eigenvalue weighted by molar-refractivity contribution is -0.693. The number of aromatic nitrogens is 1. The molecular weight excluding hydrogens is 595 g/mol. The highest BCUT2D eigenvalue weighted by atomic mass is 127. The molecule has 0 aliphatic heterocycles. The van der Waals surface area contributed by atoms with Gasteiger partial charge in [0.05, 0.1) is 5.56 Å². The molecule has 2 rings (SSSR count). The smallest absolute Gasteiger partial charge is 0.252 e.